The third-order valence-corrected chi connectivity index (χ3v) is 3.56. The minimum Gasteiger partial charge on any atom is -0.374 e. The zero-order chi connectivity index (χ0) is 12.6. The van der Waals surface area contributed by atoms with Gasteiger partial charge in [0.05, 0.1) is 6.10 Å². The first kappa shape index (κ1) is 13.3. The Morgan fingerprint density at radius 1 is 1.22 bits per heavy atom. The Balaban J connectivity index is 1.75. The number of carbonyl (C=O) groups excluding carboxylic acids is 1. The first-order valence-corrected chi connectivity index (χ1v) is 6.96. The molecule has 0 aromatic heterocycles. The van der Waals surface area contributed by atoms with Crippen LogP contribution in [0.15, 0.2) is 24.3 Å². The van der Waals surface area contributed by atoms with Crippen LogP contribution in [0.25, 0.3) is 0 Å². The van der Waals surface area contributed by atoms with Crippen molar-refractivity contribution < 1.29 is 9.53 Å². The van der Waals surface area contributed by atoms with Crippen LogP contribution in [0.2, 0.25) is 0 Å². The molecule has 0 spiro atoms. The predicted molar refractivity (Wildman–Crippen MR) is 72.2 cm³/mol. The van der Waals surface area contributed by atoms with E-state index in [4.69, 9.17) is 4.74 Å². The molecule has 1 unspecified atom stereocenters. The summed E-state index contributed by atoms with van der Waals surface area (Å²) in [7, 11) is 0. The van der Waals surface area contributed by atoms with E-state index in [-0.39, 0.29) is 6.10 Å². The molecule has 0 fully saturated rings. The molecule has 1 radical (unpaired) electrons. The van der Waals surface area contributed by atoms with Crippen molar-refractivity contribution in [1.82, 2.24) is 0 Å². The van der Waals surface area contributed by atoms with Crippen molar-refractivity contribution in [1.29, 1.82) is 0 Å². The number of rotatable bonds is 7. The van der Waals surface area contributed by atoms with Crippen molar-refractivity contribution >= 4 is 6.29 Å². The molecule has 18 heavy (non-hydrogen) atoms. The molecule has 1 aliphatic carbocycles. The van der Waals surface area contributed by atoms with Crippen molar-refractivity contribution in [3.63, 3.8) is 0 Å². The Morgan fingerprint density at radius 2 is 2.11 bits per heavy atom. The molecule has 1 atom stereocenters. The lowest BCUT2D eigenvalue weighted by atomic mass is 9.89. The lowest BCUT2D eigenvalue weighted by molar-refractivity contribution is 0.0383. The van der Waals surface area contributed by atoms with Crippen molar-refractivity contribution in [3.8, 4) is 0 Å². The standard InChI is InChI=1S/C16H21O2/c17-12-5-1-2-6-13-18-16-11-7-9-14-8-3-4-10-15(14)16/h3-4,8,10,16H,1-2,5-7,9,11,13H2. The highest BCUT2D eigenvalue weighted by atomic mass is 16.5. The maximum atomic E-state index is 10.1. The van der Waals surface area contributed by atoms with E-state index in [0.29, 0.717) is 6.42 Å². The Labute approximate surface area is 109 Å². The summed E-state index contributed by atoms with van der Waals surface area (Å²) in [4.78, 5) is 10.1. The molecule has 97 valence electrons. The number of unbranched alkanes of at least 4 members (excludes halogenated alkanes) is 3. The molecular formula is C16H21O2. The highest BCUT2D eigenvalue weighted by Gasteiger charge is 2.19. The fourth-order valence-corrected chi connectivity index (χ4v) is 2.58. The van der Waals surface area contributed by atoms with E-state index >= 15 is 0 Å². The van der Waals surface area contributed by atoms with Crippen LogP contribution in [-0.2, 0) is 16.0 Å². The highest BCUT2D eigenvalue weighted by Crippen LogP contribution is 2.32. The smallest absolute Gasteiger partial charge is 0.198 e. The molecule has 0 N–H and O–H groups in total. The van der Waals surface area contributed by atoms with Gasteiger partial charge >= 0.3 is 0 Å². The summed E-state index contributed by atoms with van der Waals surface area (Å²) in [5.41, 5.74) is 2.83. The third-order valence-electron chi connectivity index (χ3n) is 3.56. The molecular weight excluding hydrogens is 224 g/mol. The normalized spacial score (nSPS) is 18.3. The van der Waals surface area contributed by atoms with Crippen molar-refractivity contribution in [3.05, 3.63) is 35.4 Å². The Bertz CT molecular complexity index is 373. The number of aryl methyl sites for hydroxylation is 1. The van der Waals surface area contributed by atoms with Crippen LogP contribution in [0.5, 0.6) is 0 Å². The Hall–Kier alpha value is -1.15. The van der Waals surface area contributed by atoms with E-state index in [0.717, 1.165) is 32.3 Å². The maximum absolute atomic E-state index is 10.1. The van der Waals surface area contributed by atoms with Gasteiger partial charge in [0.1, 0.15) is 0 Å². The van der Waals surface area contributed by atoms with E-state index in [2.05, 4.69) is 24.3 Å². The maximum Gasteiger partial charge on any atom is 0.198 e. The first-order valence-electron chi connectivity index (χ1n) is 6.96. The summed E-state index contributed by atoms with van der Waals surface area (Å²) in [6.45, 7) is 0.803. The lowest BCUT2D eigenvalue weighted by Gasteiger charge is -2.25. The van der Waals surface area contributed by atoms with E-state index in [1.165, 1.54) is 24.0 Å². The van der Waals surface area contributed by atoms with Gasteiger partial charge in [0.2, 0.25) is 0 Å². The van der Waals surface area contributed by atoms with Crippen LogP contribution < -0.4 is 0 Å². The molecule has 1 aromatic carbocycles. The van der Waals surface area contributed by atoms with E-state index in [9.17, 15) is 4.79 Å². The van der Waals surface area contributed by atoms with Crippen LogP contribution in [0.1, 0.15) is 55.8 Å². The highest BCUT2D eigenvalue weighted by molar-refractivity contribution is 5.50. The average molecular weight is 245 g/mol. The van der Waals surface area contributed by atoms with E-state index < -0.39 is 0 Å². The molecule has 0 amide bonds. The van der Waals surface area contributed by atoms with Crippen LogP contribution >= 0.6 is 0 Å². The van der Waals surface area contributed by atoms with Gasteiger partial charge in [0.15, 0.2) is 6.29 Å². The Morgan fingerprint density at radius 3 is 3.00 bits per heavy atom. The number of hydrogen-bond donors (Lipinski definition) is 0. The summed E-state index contributed by atoms with van der Waals surface area (Å²) in [6, 6.07) is 8.61. The van der Waals surface area contributed by atoms with Gasteiger partial charge in [-0.15, -0.1) is 0 Å². The van der Waals surface area contributed by atoms with Gasteiger partial charge < -0.3 is 4.74 Å². The summed E-state index contributed by atoms with van der Waals surface area (Å²) in [5.74, 6) is 0. The van der Waals surface area contributed by atoms with Crippen molar-refractivity contribution in [2.45, 2.75) is 51.0 Å². The molecule has 0 saturated carbocycles. The minimum absolute atomic E-state index is 0.285. The fraction of sp³-hybridized carbons (Fsp3) is 0.562. The molecule has 0 heterocycles. The van der Waals surface area contributed by atoms with Crippen LogP contribution in [0.3, 0.4) is 0 Å². The first-order chi connectivity index (χ1) is 8.92. The van der Waals surface area contributed by atoms with Gasteiger partial charge in [-0.1, -0.05) is 30.7 Å². The number of benzene rings is 1. The Kier molecular flexibility index (Phi) is 5.40. The zero-order valence-electron chi connectivity index (χ0n) is 10.9. The second-order valence-corrected chi connectivity index (χ2v) is 4.91. The van der Waals surface area contributed by atoms with Crippen LogP contribution in [-0.4, -0.2) is 12.9 Å². The van der Waals surface area contributed by atoms with Crippen molar-refractivity contribution in [2.75, 3.05) is 6.61 Å². The topological polar surface area (TPSA) is 26.3 Å². The predicted octanol–water partition coefficient (Wildman–Crippen LogP) is 3.75. The SMILES string of the molecule is O=[C]CCCCCOC1CCCc2ccccc21. The average Bonchev–Trinajstić information content (AvgIpc) is 2.43. The number of fused-ring (bicyclic) bond motifs is 1. The summed E-state index contributed by atoms with van der Waals surface area (Å²) >= 11 is 0. The lowest BCUT2D eigenvalue weighted by Crippen LogP contribution is -2.13. The van der Waals surface area contributed by atoms with Gasteiger partial charge in [0.25, 0.3) is 0 Å². The van der Waals surface area contributed by atoms with Crippen LogP contribution in [0.4, 0.5) is 0 Å². The van der Waals surface area contributed by atoms with Gasteiger partial charge in [-0.25, -0.2) is 0 Å². The summed E-state index contributed by atoms with van der Waals surface area (Å²) in [5, 5.41) is 0. The van der Waals surface area contributed by atoms with Crippen LogP contribution in [0, 0.1) is 0 Å². The molecule has 2 nitrogen and oxygen atoms in total. The molecule has 2 rings (SSSR count). The largest absolute Gasteiger partial charge is 0.374 e. The summed E-state index contributed by atoms with van der Waals surface area (Å²) < 4.78 is 5.99. The van der Waals surface area contributed by atoms with E-state index in [1.807, 2.05) is 6.29 Å². The monoisotopic (exact) mass is 245 g/mol. The van der Waals surface area contributed by atoms with Gasteiger partial charge in [-0.05, 0) is 43.2 Å². The van der Waals surface area contributed by atoms with Gasteiger partial charge in [0, 0.05) is 13.0 Å². The quantitative estimate of drug-likeness (QED) is 0.684. The number of ether oxygens (including phenoxy) is 1. The second kappa shape index (κ2) is 7.32. The molecule has 0 aliphatic heterocycles. The zero-order valence-corrected chi connectivity index (χ0v) is 10.9. The fourth-order valence-electron chi connectivity index (χ4n) is 2.58. The molecule has 2 heteroatoms. The third kappa shape index (κ3) is 3.67. The van der Waals surface area contributed by atoms with Gasteiger partial charge in [-0.2, -0.15) is 0 Å². The number of hydrogen-bond acceptors (Lipinski definition) is 2. The second-order valence-electron chi connectivity index (χ2n) is 4.91. The minimum atomic E-state index is 0.285. The molecule has 0 saturated heterocycles. The van der Waals surface area contributed by atoms with Crippen molar-refractivity contribution in [2.24, 2.45) is 0 Å². The molecule has 1 aliphatic rings. The molecule has 0 bridgehead atoms. The summed E-state index contributed by atoms with van der Waals surface area (Å²) in [6.07, 6.45) is 9.36. The van der Waals surface area contributed by atoms with E-state index in [1.54, 1.807) is 0 Å². The van der Waals surface area contributed by atoms with Gasteiger partial charge in [-0.3, -0.25) is 4.79 Å². The molecule has 1 aromatic rings.